The maximum absolute atomic E-state index is 13.4. The van der Waals surface area contributed by atoms with Crippen LogP contribution in [0.15, 0.2) is 18.2 Å². The Balaban J connectivity index is 2.48. The fourth-order valence-electron chi connectivity index (χ4n) is 1.44. The summed E-state index contributed by atoms with van der Waals surface area (Å²) in [6.45, 7) is 1.64. The lowest BCUT2D eigenvalue weighted by Crippen LogP contribution is -2.08. The molecule has 18 heavy (non-hydrogen) atoms. The highest BCUT2D eigenvalue weighted by molar-refractivity contribution is 5.92. The third-order valence-corrected chi connectivity index (χ3v) is 2.48. The summed E-state index contributed by atoms with van der Waals surface area (Å²) in [5.41, 5.74) is 6.51. The number of ether oxygens (including phenoxy) is 1. The Bertz CT molecular complexity index is 609. The Hall–Kier alpha value is -2.44. The van der Waals surface area contributed by atoms with E-state index in [-0.39, 0.29) is 17.3 Å². The third-order valence-electron chi connectivity index (χ3n) is 2.48. The molecule has 0 fully saturated rings. The van der Waals surface area contributed by atoms with Gasteiger partial charge in [0, 0.05) is 0 Å². The number of rotatable bonds is 2. The van der Waals surface area contributed by atoms with Gasteiger partial charge in [0.2, 0.25) is 5.69 Å². The summed E-state index contributed by atoms with van der Waals surface area (Å²) in [7, 11) is 1.21. The van der Waals surface area contributed by atoms with E-state index in [0.29, 0.717) is 11.3 Å². The van der Waals surface area contributed by atoms with Crippen LogP contribution in [0.25, 0.3) is 5.69 Å². The molecule has 1 heterocycles. The summed E-state index contributed by atoms with van der Waals surface area (Å²) >= 11 is 0. The summed E-state index contributed by atoms with van der Waals surface area (Å²) in [5, 5.41) is 7.31. The lowest BCUT2D eigenvalue weighted by Gasteiger charge is -2.04. The monoisotopic (exact) mass is 250 g/mol. The highest BCUT2D eigenvalue weighted by Gasteiger charge is 2.18. The van der Waals surface area contributed by atoms with Crippen LogP contribution in [0.5, 0.6) is 0 Å². The van der Waals surface area contributed by atoms with Gasteiger partial charge >= 0.3 is 5.97 Å². The van der Waals surface area contributed by atoms with Gasteiger partial charge < -0.3 is 10.5 Å². The number of carbonyl (C=O) groups excluding carboxylic acids is 1. The number of hydrogen-bond acceptors (Lipinski definition) is 5. The van der Waals surface area contributed by atoms with E-state index in [1.54, 1.807) is 19.1 Å². The molecule has 2 N–H and O–H groups in total. The molecule has 0 aliphatic heterocycles. The van der Waals surface area contributed by atoms with E-state index in [1.807, 2.05) is 0 Å². The SMILES string of the molecule is COC(=O)c1nnn(-c2ccc(C)c(F)c2)c1N. The zero-order chi connectivity index (χ0) is 13.3. The summed E-state index contributed by atoms with van der Waals surface area (Å²) in [4.78, 5) is 11.3. The summed E-state index contributed by atoms with van der Waals surface area (Å²) in [5.74, 6) is -1.07. The second kappa shape index (κ2) is 4.44. The maximum Gasteiger partial charge on any atom is 0.362 e. The molecule has 1 aromatic carbocycles. The second-order valence-corrected chi connectivity index (χ2v) is 3.66. The molecule has 2 rings (SSSR count). The van der Waals surface area contributed by atoms with Crippen molar-refractivity contribution >= 4 is 11.8 Å². The Kier molecular flexibility index (Phi) is 2.97. The molecule has 0 atom stereocenters. The van der Waals surface area contributed by atoms with Gasteiger partial charge in [-0.05, 0) is 24.6 Å². The number of methoxy groups -OCH3 is 1. The van der Waals surface area contributed by atoms with Crippen molar-refractivity contribution in [3.8, 4) is 5.69 Å². The van der Waals surface area contributed by atoms with Gasteiger partial charge in [0.1, 0.15) is 5.82 Å². The number of aryl methyl sites for hydroxylation is 1. The largest absolute Gasteiger partial charge is 0.464 e. The first-order chi connectivity index (χ1) is 8.54. The van der Waals surface area contributed by atoms with Crippen molar-refractivity contribution in [3.63, 3.8) is 0 Å². The van der Waals surface area contributed by atoms with Crippen LogP contribution < -0.4 is 5.73 Å². The fourth-order valence-corrected chi connectivity index (χ4v) is 1.44. The average molecular weight is 250 g/mol. The number of benzene rings is 1. The summed E-state index contributed by atoms with van der Waals surface area (Å²) < 4.78 is 19.1. The minimum absolute atomic E-state index is 0.00473. The number of esters is 1. The smallest absolute Gasteiger partial charge is 0.362 e. The number of anilines is 1. The maximum atomic E-state index is 13.4. The van der Waals surface area contributed by atoms with Gasteiger partial charge in [0.05, 0.1) is 12.8 Å². The first kappa shape index (κ1) is 12.0. The molecular formula is C11H11FN4O2. The number of nitrogens with two attached hydrogens (primary N) is 1. The molecule has 0 bridgehead atoms. The van der Waals surface area contributed by atoms with Crippen LogP contribution in [0.1, 0.15) is 16.1 Å². The normalized spacial score (nSPS) is 10.4. The molecule has 1 aromatic heterocycles. The van der Waals surface area contributed by atoms with Crippen LogP contribution in [0.2, 0.25) is 0 Å². The average Bonchev–Trinajstić information content (AvgIpc) is 2.74. The quantitative estimate of drug-likeness (QED) is 0.806. The molecule has 7 heteroatoms. The Morgan fingerprint density at radius 1 is 1.50 bits per heavy atom. The molecule has 0 aliphatic rings. The van der Waals surface area contributed by atoms with Crippen molar-refractivity contribution < 1.29 is 13.9 Å². The number of hydrogen-bond donors (Lipinski definition) is 1. The van der Waals surface area contributed by atoms with Crippen LogP contribution >= 0.6 is 0 Å². The van der Waals surface area contributed by atoms with Gasteiger partial charge in [-0.1, -0.05) is 11.3 Å². The van der Waals surface area contributed by atoms with E-state index < -0.39 is 5.97 Å². The highest BCUT2D eigenvalue weighted by Crippen LogP contribution is 2.18. The van der Waals surface area contributed by atoms with Crippen molar-refractivity contribution in [2.75, 3.05) is 12.8 Å². The number of nitrogens with zero attached hydrogens (tertiary/aromatic N) is 3. The number of halogens is 1. The van der Waals surface area contributed by atoms with Crippen LogP contribution in [0.4, 0.5) is 10.2 Å². The first-order valence-corrected chi connectivity index (χ1v) is 5.10. The molecule has 6 nitrogen and oxygen atoms in total. The molecule has 0 saturated carbocycles. The van der Waals surface area contributed by atoms with E-state index >= 15 is 0 Å². The first-order valence-electron chi connectivity index (χ1n) is 5.10. The molecule has 0 aliphatic carbocycles. The Morgan fingerprint density at radius 3 is 2.83 bits per heavy atom. The van der Waals surface area contributed by atoms with Gasteiger partial charge in [0.15, 0.2) is 5.82 Å². The second-order valence-electron chi connectivity index (χ2n) is 3.66. The van der Waals surface area contributed by atoms with Crippen LogP contribution in [-0.2, 0) is 4.74 Å². The Morgan fingerprint density at radius 2 is 2.22 bits per heavy atom. The summed E-state index contributed by atoms with van der Waals surface area (Å²) in [6.07, 6.45) is 0. The zero-order valence-corrected chi connectivity index (χ0v) is 9.85. The number of carbonyl (C=O) groups is 1. The Labute approximate surface area is 102 Å². The molecule has 0 amide bonds. The molecule has 0 unspecified atom stereocenters. The highest BCUT2D eigenvalue weighted by atomic mass is 19.1. The van der Waals surface area contributed by atoms with Gasteiger partial charge in [0.25, 0.3) is 0 Å². The van der Waals surface area contributed by atoms with Crippen molar-refractivity contribution in [3.05, 3.63) is 35.3 Å². The van der Waals surface area contributed by atoms with Crippen molar-refractivity contribution in [2.24, 2.45) is 0 Å². The number of aromatic nitrogens is 3. The van der Waals surface area contributed by atoms with E-state index in [4.69, 9.17) is 5.73 Å². The predicted octanol–water partition coefficient (Wildman–Crippen LogP) is 1.08. The standard InChI is InChI=1S/C11H11FN4O2/c1-6-3-4-7(5-8(6)12)16-10(13)9(14-15-16)11(17)18-2/h3-5H,13H2,1-2H3. The van der Waals surface area contributed by atoms with Gasteiger partial charge in [-0.25, -0.2) is 9.18 Å². The minimum atomic E-state index is -0.689. The lowest BCUT2D eigenvalue weighted by molar-refractivity contribution is 0.0595. The summed E-state index contributed by atoms with van der Waals surface area (Å²) in [6, 6.07) is 4.48. The predicted molar refractivity (Wildman–Crippen MR) is 61.8 cm³/mol. The molecule has 94 valence electrons. The fraction of sp³-hybridized carbons (Fsp3) is 0.182. The van der Waals surface area contributed by atoms with Crippen LogP contribution in [0, 0.1) is 12.7 Å². The minimum Gasteiger partial charge on any atom is -0.464 e. The van der Waals surface area contributed by atoms with E-state index in [2.05, 4.69) is 15.0 Å². The molecular weight excluding hydrogens is 239 g/mol. The van der Waals surface area contributed by atoms with E-state index in [1.165, 1.54) is 17.9 Å². The van der Waals surface area contributed by atoms with E-state index in [9.17, 15) is 9.18 Å². The zero-order valence-electron chi connectivity index (χ0n) is 9.85. The van der Waals surface area contributed by atoms with Gasteiger partial charge in [-0.2, -0.15) is 4.68 Å². The van der Waals surface area contributed by atoms with Crippen molar-refractivity contribution in [1.29, 1.82) is 0 Å². The van der Waals surface area contributed by atoms with Crippen molar-refractivity contribution in [2.45, 2.75) is 6.92 Å². The van der Waals surface area contributed by atoms with Crippen LogP contribution in [-0.4, -0.2) is 28.1 Å². The third kappa shape index (κ3) is 1.90. The number of nitrogen functional groups attached to an aromatic ring is 1. The van der Waals surface area contributed by atoms with Gasteiger partial charge in [-0.3, -0.25) is 0 Å². The lowest BCUT2D eigenvalue weighted by atomic mass is 10.2. The van der Waals surface area contributed by atoms with Crippen LogP contribution in [0.3, 0.4) is 0 Å². The molecule has 0 radical (unpaired) electrons. The molecule has 2 aromatic rings. The van der Waals surface area contributed by atoms with E-state index in [0.717, 1.165) is 0 Å². The van der Waals surface area contributed by atoms with Gasteiger partial charge in [-0.15, -0.1) is 5.10 Å². The topological polar surface area (TPSA) is 83.0 Å². The molecule has 0 saturated heterocycles. The van der Waals surface area contributed by atoms with Crippen molar-refractivity contribution in [1.82, 2.24) is 15.0 Å². The molecule has 0 spiro atoms.